The van der Waals surface area contributed by atoms with E-state index in [0.717, 1.165) is 36.2 Å². The maximum absolute atomic E-state index is 11.7. The first-order valence-electron chi connectivity index (χ1n) is 6.34. The van der Waals surface area contributed by atoms with Crippen LogP contribution in [0.3, 0.4) is 0 Å². The zero-order chi connectivity index (χ0) is 13.8. The fourth-order valence-electron chi connectivity index (χ4n) is 2.23. The minimum atomic E-state index is -0.0784. The van der Waals surface area contributed by atoms with Gasteiger partial charge in [0, 0.05) is 19.3 Å². The average molecular weight is 348 g/mol. The number of anilines is 1. The molecule has 0 N–H and O–H groups in total. The summed E-state index contributed by atoms with van der Waals surface area (Å²) in [5.74, 6) is 0.819. The second-order valence-corrected chi connectivity index (χ2v) is 5.76. The summed E-state index contributed by atoms with van der Waals surface area (Å²) in [5.41, 5.74) is 0. The lowest BCUT2D eigenvalue weighted by Gasteiger charge is -2.32. The molecular weight excluding hydrogens is 332 g/mol. The van der Waals surface area contributed by atoms with Gasteiger partial charge in [0.15, 0.2) is 0 Å². The lowest BCUT2D eigenvalue weighted by molar-refractivity contribution is -0.148. The molecule has 1 aromatic heterocycles. The van der Waals surface area contributed by atoms with Crippen LogP contribution in [-0.2, 0) is 9.53 Å². The molecule has 4 nitrogen and oxygen atoms in total. The number of hydrogen-bond acceptors (Lipinski definition) is 4. The Morgan fingerprint density at radius 2 is 2.26 bits per heavy atom. The SMILES string of the molecule is CCOC(=O)C1CCN(c2ncc(Cl)cc2Br)CC1. The zero-order valence-electron chi connectivity index (χ0n) is 10.7. The minimum absolute atomic E-state index is 0.0160. The van der Waals surface area contributed by atoms with E-state index in [4.69, 9.17) is 16.3 Å². The first kappa shape index (κ1) is 14.6. The number of halogens is 2. The van der Waals surface area contributed by atoms with Gasteiger partial charge in [-0.05, 0) is 41.8 Å². The lowest BCUT2D eigenvalue weighted by Crippen LogP contribution is -2.37. The second kappa shape index (κ2) is 6.57. The van der Waals surface area contributed by atoms with E-state index in [0.29, 0.717) is 11.6 Å². The Morgan fingerprint density at radius 3 is 2.84 bits per heavy atom. The molecule has 1 aliphatic rings. The van der Waals surface area contributed by atoms with Gasteiger partial charge in [0.1, 0.15) is 5.82 Å². The quantitative estimate of drug-likeness (QED) is 0.787. The van der Waals surface area contributed by atoms with Gasteiger partial charge in [-0.3, -0.25) is 4.79 Å². The molecule has 0 atom stereocenters. The standard InChI is InChI=1S/C13H16BrClN2O2/c1-2-19-13(18)9-3-5-17(6-4-9)12-11(14)7-10(15)8-16-12/h7-9H,2-6H2,1H3. The summed E-state index contributed by atoms with van der Waals surface area (Å²) < 4.78 is 5.95. The van der Waals surface area contributed by atoms with Crippen molar-refractivity contribution >= 4 is 39.3 Å². The highest BCUT2D eigenvalue weighted by Gasteiger charge is 2.27. The van der Waals surface area contributed by atoms with Crippen molar-refractivity contribution in [2.45, 2.75) is 19.8 Å². The summed E-state index contributed by atoms with van der Waals surface area (Å²) in [6.07, 6.45) is 3.24. The minimum Gasteiger partial charge on any atom is -0.466 e. The van der Waals surface area contributed by atoms with E-state index in [-0.39, 0.29) is 11.9 Å². The molecule has 104 valence electrons. The number of piperidine rings is 1. The van der Waals surface area contributed by atoms with E-state index in [1.165, 1.54) is 0 Å². The van der Waals surface area contributed by atoms with Crippen LogP contribution in [0, 0.1) is 5.92 Å². The molecule has 2 heterocycles. The number of carbonyl (C=O) groups is 1. The van der Waals surface area contributed by atoms with Gasteiger partial charge in [0.25, 0.3) is 0 Å². The maximum Gasteiger partial charge on any atom is 0.309 e. The molecule has 1 fully saturated rings. The molecule has 19 heavy (non-hydrogen) atoms. The summed E-state index contributed by atoms with van der Waals surface area (Å²) in [5, 5.41) is 0.608. The van der Waals surface area contributed by atoms with E-state index in [2.05, 4.69) is 25.8 Å². The van der Waals surface area contributed by atoms with Gasteiger partial charge in [0.2, 0.25) is 0 Å². The molecule has 0 aromatic carbocycles. The van der Waals surface area contributed by atoms with E-state index in [9.17, 15) is 4.79 Å². The predicted octanol–water partition coefficient (Wildman–Crippen LogP) is 3.28. The van der Waals surface area contributed by atoms with Gasteiger partial charge in [-0.2, -0.15) is 0 Å². The van der Waals surface area contributed by atoms with Crippen molar-refractivity contribution in [1.82, 2.24) is 4.98 Å². The Balaban J connectivity index is 1.98. The summed E-state index contributed by atoms with van der Waals surface area (Å²) in [7, 11) is 0. The number of carbonyl (C=O) groups excluding carboxylic acids is 1. The monoisotopic (exact) mass is 346 g/mol. The molecule has 1 saturated heterocycles. The first-order valence-corrected chi connectivity index (χ1v) is 7.51. The lowest BCUT2D eigenvalue weighted by atomic mass is 9.97. The van der Waals surface area contributed by atoms with E-state index >= 15 is 0 Å². The number of pyridine rings is 1. The van der Waals surface area contributed by atoms with Gasteiger partial charge in [-0.15, -0.1) is 0 Å². The molecule has 0 unspecified atom stereocenters. The highest BCUT2D eigenvalue weighted by molar-refractivity contribution is 9.10. The van der Waals surface area contributed by atoms with Crippen molar-refractivity contribution in [2.75, 3.05) is 24.6 Å². The molecule has 0 aliphatic carbocycles. The van der Waals surface area contributed by atoms with Crippen LogP contribution in [0.1, 0.15) is 19.8 Å². The molecule has 1 aliphatic heterocycles. The Kier molecular flexibility index (Phi) is 5.05. The average Bonchev–Trinajstić information content (AvgIpc) is 2.39. The normalized spacial score (nSPS) is 16.5. The van der Waals surface area contributed by atoms with Crippen LogP contribution in [0.25, 0.3) is 0 Å². The summed E-state index contributed by atoms with van der Waals surface area (Å²) >= 11 is 9.35. The molecule has 1 aromatic rings. The number of rotatable bonds is 3. The Labute approximate surface area is 126 Å². The number of nitrogens with zero attached hydrogens (tertiary/aromatic N) is 2. The van der Waals surface area contributed by atoms with Gasteiger partial charge in [-0.25, -0.2) is 4.98 Å². The third kappa shape index (κ3) is 3.60. The molecular formula is C13H16BrClN2O2. The smallest absolute Gasteiger partial charge is 0.309 e. The summed E-state index contributed by atoms with van der Waals surface area (Å²) in [4.78, 5) is 18.2. The topological polar surface area (TPSA) is 42.4 Å². The van der Waals surface area contributed by atoms with E-state index < -0.39 is 0 Å². The van der Waals surface area contributed by atoms with Crippen LogP contribution >= 0.6 is 27.5 Å². The summed E-state index contributed by atoms with van der Waals surface area (Å²) in [6, 6.07) is 1.83. The zero-order valence-corrected chi connectivity index (χ0v) is 13.1. The van der Waals surface area contributed by atoms with Crippen molar-refractivity contribution < 1.29 is 9.53 Å². The van der Waals surface area contributed by atoms with Crippen molar-refractivity contribution in [2.24, 2.45) is 5.92 Å². The van der Waals surface area contributed by atoms with Crippen LogP contribution in [0.5, 0.6) is 0 Å². The molecule has 0 bridgehead atoms. The van der Waals surface area contributed by atoms with Gasteiger partial charge in [0.05, 0.1) is 22.0 Å². The number of aromatic nitrogens is 1. The number of ether oxygens (including phenoxy) is 1. The number of hydrogen-bond donors (Lipinski definition) is 0. The number of esters is 1. The Morgan fingerprint density at radius 1 is 1.58 bits per heavy atom. The molecule has 0 amide bonds. The highest BCUT2D eigenvalue weighted by atomic mass is 79.9. The van der Waals surface area contributed by atoms with Crippen molar-refractivity contribution in [1.29, 1.82) is 0 Å². The first-order chi connectivity index (χ1) is 9.11. The van der Waals surface area contributed by atoms with Crippen LogP contribution in [0.4, 0.5) is 5.82 Å². The third-order valence-electron chi connectivity index (χ3n) is 3.20. The van der Waals surface area contributed by atoms with Gasteiger partial charge < -0.3 is 9.64 Å². The molecule has 6 heteroatoms. The van der Waals surface area contributed by atoms with Crippen LogP contribution in [0.2, 0.25) is 5.02 Å². The van der Waals surface area contributed by atoms with Crippen LogP contribution in [0.15, 0.2) is 16.7 Å². The molecule has 2 rings (SSSR count). The van der Waals surface area contributed by atoms with E-state index in [1.807, 2.05) is 13.0 Å². The van der Waals surface area contributed by atoms with Crippen molar-refractivity contribution in [3.63, 3.8) is 0 Å². The van der Waals surface area contributed by atoms with Crippen LogP contribution in [-0.4, -0.2) is 30.6 Å². The van der Waals surface area contributed by atoms with Crippen LogP contribution < -0.4 is 4.90 Å². The predicted molar refractivity (Wildman–Crippen MR) is 78.5 cm³/mol. The van der Waals surface area contributed by atoms with Gasteiger partial charge in [-0.1, -0.05) is 11.6 Å². The Bertz CT molecular complexity index is 462. The second-order valence-electron chi connectivity index (χ2n) is 4.47. The highest BCUT2D eigenvalue weighted by Crippen LogP contribution is 2.30. The fraction of sp³-hybridized carbons (Fsp3) is 0.538. The molecule has 0 spiro atoms. The van der Waals surface area contributed by atoms with Gasteiger partial charge >= 0.3 is 5.97 Å². The van der Waals surface area contributed by atoms with Crippen molar-refractivity contribution in [3.05, 3.63) is 21.8 Å². The van der Waals surface area contributed by atoms with Crippen molar-refractivity contribution in [3.8, 4) is 0 Å². The Hall–Kier alpha value is -0.810. The van der Waals surface area contributed by atoms with E-state index in [1.54, 1.807) is 6.20 Å². The summed E-state index contributed by atoms with van der Waals surface area (Å²) in [6.45, 7) is 3.89. The molecule has 0 saturated carbocycles. The largest absolute Gasteiger partial charge is 0.466 e. The maximum atomic E-state index is 11.7. The third-order valence-corrected chi connectivity index (χ3v) is 3.99. The fourth-order valence-corrected chi connectivity index (χ4v) is 3.12. The molecule has 0 radical (unpaired) electrons.